The molecule has 0 bridgehead atoms. The molecule has 0 radical (unpaired) electrons. The number of aliphatic hydroxyl groups is 2. The fraction of sp³-hybridized carbons (Fsp3) is 0.800. The lowest BCUT2D eigenvalue weighted by atomic mass is 9.85. The second-order valence-electron chi connectivity index (χ2n) is 4.14. The summed E-state index contributed by atoms with van der Waals surface area (Å²) in [5, 5.41) is 19.0. The largest absolute Gasteiger partial charge is 0.396 e. The van der Waals surface area contributed by atoms with E-state index in [9.17, 15) is 5.11 Å². The Labute approximate surface area is 73.9 Å². The van der Waals surface area contributed by atoms with Gasteiger partial charge in [-0.2, -0.15) is 0 Å². The van der Waals surface area contributed by atoms with Crippen molar-refractivity contribution in [3.05, 3.63) is 12.2 Å². The van der Waals surface area contributed by atoms with Crippen molar-refractivity contribution in [2.24, 2.45) is 11.8 Å². The van der Waals surface area contributed by atoms with Crippen LogP contribution in [0.2, 0.25) is 0 Å². The van der Waals surface area contributed by atoms with Crippen LogP contribution < -0.4 is 0 Å². The Bertz CT molecular complexity index is 184. The Morgan fingerprint density at radius 3 is 2.58 bits per heavy atom. The quantitative estimate of drug-likeness (QED) is 0.614. The van der Waals surface area contributed by atoms with Crippen LogP contribution >= 0.6 is 0 Å². The van der Waals surface area contributed by atoms with Gasteiger partial charge in [0.05, 0.1) is 5.60 Å². The van der Waals surface area contributed by atoms with Crippen LogP contribution in [-0.4, -0.2) is 22.4 Å². The first kappa shape index (κ1) is 9.75. The standard InChI is InChI=1S/C10H18O2/c1-7(2)8-4-5-10(3,12)9(8)6-11/h8-9,11-12H,1,4-6H2,2-3H3/t8-,9-,10+/m0/s1. The minimum absolute atomic E-state index is 0.0185. The Hall–Kier alpha value is -0.340. The fourth-order valence-corrected chi connectivity index (χ4v) is 2.18. The molecule has 12 heavy (non-hydrogen) atoms. The minimum Gasteiger partial charge on any atom is -0.396 e. The Kier molecular flexibility index (Phi) is 2.59. The number of allylic oxidation sites excluding steroid dienone is 1. The molecular formula is C10H18O2. The highest BCUT2D eigenvalue weighted by Crippen LogP contribution is 2.42. The topological polar surface area (TPSA) is 40.5 Å². The highest BCUT2D eigenvalue weighted by Gasteiger charge is 2.43. The molecule has 0 aromatic carbocycles. The van der Waals surface area contributed by atoms with Crippen molar-refractivity contribution >= 4 is 0 Å². The van der Waals surface area contributed by atoms with E-state index in [1.54, 1.807) is 6.92 Å². The minimum atomic E-state index is -0.696. The van der Waals surface area contributed by atoms with E-state index >= 15 is 0 Å². The number of rotatable bonds is 2. The van der Waals surface area contributed by atoms with Crippen LogP contribution in [0, 0.1) is 11.8 Å². The second kappa shape index (κ2) is 3.19. The Morgan fingerprint density at radius 2 is 2.25 bits per heavy atom. The zero-order chi connectivity index (χ0) is 9.35. The van der Waals surface area contributed by atoms with Crippen molar-refractivity contribution in [2.45, 2.75) is 32.3 Å². The third kappa shape index (κ3) is 1.54. The molecule has 0 aromatic heterocycles. The van der Waals surface area contributed by atoms with Gasteiger partial charge in [0.2, 0.25) is 0 Å². The summed E-state index contributed by atoms with van der Waals surface area (Å²) in [6.45, 7) is 7.71. The lowest BCUT2D eigenvalue weighted by Gasteiger charge is -2.27. The molecule has 0 saturated heterocycles. The van der Waals surface area contributed by atoms with Gasteiger partial charge in [0, 0.05) is 12.5 Å². The van der Waals surface area contributed by atoms with Crippen molar-refractivity contribution < 1.29 is 10.2 Å². The molecule has 0 aromatic rings. The molecule has 0 unspecified atom stereocenters. The molecule has 1 fully saturated rings. The van der Waals surface area contributed by atoms with Crippen molar-refractivity contribution in [1.29, 1.82) is 0 Å². The predicted octanol–water partition coefficient (Wildman–Crippen LogP) is 1.33. The van der Waals surface area contributed by atoms with E-state index in [1.165, 1.54) is 0 Å². The third-order valence-electron chi connectivity index (χ3n) is 3.08. The van der Waals surface area contributed by atoms with Gasteiger partial charge in [-0.15, -0.1) is 0 Å². The van der Waals surface area contributed by atoms with E-state index in [0.717, 1.165) is 18.4 Å². The third-order valence-corrected chi connectivity index (χ3v) is 3.08. The maximum Gasteiger partial charge on any atom is 0.0675 e. The Balaban J connectivity index is 2.76. The molecule has 3 atom stereocenters. The van der Waals surface area contributed by atoms with Crippen molar-refractivity contribution in [1.82, 2.24) is 0 Å². The molecule has 0 heterocycles. The monoisotopic (exact) mass is 170 g/mol. The van der Waals surface area contributed by atoms with Crippen LogP contribution in [0.4, 0.5) is 0 Å². The smallest absolute Gasteiger partial charge is 0.0675 e. The summed E-state index contributed by atoms with van der Waals surface area (Å²) in [7, 11) is 0. The first-order valence-electron chi connectivity index (χ1n) is 4.47. The lowest BCUT2D eigenvalue weighted by molar-refractivity contribution is -0.0105. The molecule has 2 nitrogen and oxygen atoms in total. The summed E-state index contributed by atoms with van der Waals surface area (Å²) in [4.78, 5) is 0. The van der Waals surface area contributed by atoms with Crippen molar-refractivity contribution in [3.63, 3.8) is 0 Å². The average molecular weight is 170 g/mol. The van der Waals surface area contributed by atoms with Crippen LogP contribution in [0.3, 0.4) is 0 Å². The fourth-order valence-electron chi connectivity index (χ4n) is 2.18. The van der Waals surface area contributed by atoms with Crippen LogP contribution in [0.15, 0.2) is 12.2 Å². The molecule has 70 valence electrons. The van der Waals surface area contributed by atoms with E-state index < -0.39 is 5.60 Å². The molecule has 1 aliphatic carbocycles. The lowest BCUT2D eigenvalue weighted by Crippen LogP contribution is -2.34. The van der Waals surface area contributed by atoms with Crippen LogP contribution in [0.5, 0.6) is 0 Å². The molecule has 2 N–H and O–H groups in total. The molecular weight excluding hydrogens is 152 g/mol. The highest BCUT2D eigenvalue weighted by atomic mass is 16.3. The summed E-state index contributed by atoms with van der Waals surface area (Å²) in [6, 6.07) is 0. The maximum absolute atomic E-state index is 9.87. The zero-order valence-electron chi connectivity index (χ0n) is 7.88. The number of hydrogen-bond acceptors (Lipinski definition) is 2. The molecule has 1 saturated carbocycles. The van der Waals surface area contributed by atoms with Crippen LogP contribution in [0.1, 0.15) is 26.7 Å². The van der Waals surface area contributed by atoms with Gasteiger partial charge in [0.15, 0.2) is 0 Å². The SMILES string of the molecule is C=C(C)[C@@H]1CC[C@@](C)(O)[C@H]1CO. The molecule has 0 spiro atoms. The number of hydrogen-bond donors (Lipinski definition) is 2. The van der Waals surface area contributed by atoms with E-state index in [2.05, 4.69) is 6.58 Å². The van der Waals surface area contributed by atoms with Crippen molar-refractivity contribution in [2.75, 3.05) is 6.61 Å². The van der Waals surface area contributed by atoms with E-state index in [4.69, 9.17) is 5.11 Å². The van der Waals surface area contributed by atoms with E-state index in [0.29, 0.717) is 5.92 Å². The van der Waals surface area contributed by atoms with Gasteiger partial charge in [-0.25, -0.2) is 0 Å². The summed E-state index contributed by atoms with van der Waals surface area (Å²) < 4.78 is 0. The van der Waals surface area contributed by atoms with Gasteiger partial charge in [-0.05, 0) is 32.6 Å². The summed E-state index contributed by atoms with van der Waals surface area (Å²) in [5.74, 6) is 0.278. The predicted molar refractivity (Wildman–Crippen MR) is 48.7 cm³/mol. The maximum atomic E-state index is 9.87. The van der Waals surface area contributed by atoms with Crippen molar-refractivity contribution in [3.8, 4) is 0 Å². The molecule has 0 amide bonds. The summed E-state index contributed by atoms with van der Waals surface area (Å²) >= 11 is 0. The highest BCUT2D eigenvalue weighted by molar-refractivity contribution is 5.07. The first-order chi connectivity index (χ1) is 5.49. The molecule has 0 aliphatic heterocycles. The van der Waals surface area contributed by atoms with Gasteiger partial charge in [0.1, 0.15) is 0 Å². The normalized spacial score (nSPS) is 41.7. The average Bonchev–Trinajstić information content (AvgIpc) is 2.24. The Morgan fingerprint density at radius 1 is 1.67 bits per heavy atom. The van der Waals surface area contributed by atoms with Gasteiger partial charge in [0.25, 0.3) is 0 Å². The van der Waals surface area contributed by atoms with Gasteiger partial charge in [-0.3, -0.25) is 0 Å². The molecule has 1 rings (SSSR count). The number of aliphatic hydroxyl groups excluding tert-OH is 1. The van der Waals surface area contributed by atoms with E-state index in [-0.39, 0.29) is 12.5 Å². The second-order valence-corrected chi connectivity index (χ2v) is 4.14. The zero-order valence-corrected chi connectivity index (χ0v) is 7.88. The summed E-state index contributed by atoms with van der Waals surface area (Å²) in [6.07, 6.45) is 1.73. The van der Waals surface area contributed by atoms with Crippen LogP contribution in [0.25, 0.3) is 0 Å². The summed E-state index contributed by atoms with van der Waals surface area (Å²) in [5.41, 5.74) is 0.380. The molecule has 2 heteroatoms. The van der Waals surface area contributed by atoms with Gasteiger partial charge >= 0.3 is 0 Å². The molecule has 1 aliphatic rings. The van der Waals surface area contributed by atoms with Gasteiger partial charge in [-0.1, -0.05) is 12.2 Å². The first-order valence-corrected chi connectivity index (χ1v) is 4.47. The van der Waals surface area contributed by atoms with Crippen LogP contribution in [-0.2, 0) is 0 Å². The van der Waals surface area contributed by atoms with Gasteiger partial charge < -0.3 is 10.2 Å². The van der Waals surface area contributed by atoms with E-state index in [1.807, 2.05) is 6.92 Å².